The Labute approximate surface area is 164 Å². The van der Waals surface area contributed by atoms with Crippen LogP contribution in [0.3, 0.4) is 0 Å². The second-order valence-electron chi connectivity index (χ2n) is 6.55. The Hall–Kier alpha value is -3.11. The maximum Gasteiger partial charge on any atom is 0.279 e. The summed E-state index contributed by atoms with van der Waals surface area (Å²) in [7, 11) is 0. The Kier molecular flexibility index (Phi) is 4.88. The quantitative estimate of drug-likeness (QED) is 0.518. The van der Waals surface area contributed by atoms with Crippen LogP contribution in [0.25, 0.3) is 0 Å². The number of non-ortho nitro benzene ring substituents is 1. The van der Waals surface area contributed by atoms with Crippen molar-refractivity contribution < 1.29 is 14.2 Å². The molecule has 0 aliphatic carbocycles. The summed E-state index contributed by atoms with van der Waals surface area (Å²) in [6, 6.07) is 8.26. The van der Waals surface area contributed by atoms with Crippen LogP contribution < -0.4 is 5.32 Å². The molecule has 3 heterocycles. The van der Waals surface area contributed by atoms with E-state index in [0.29, 0.717) is 24.0 Å². The molecule has 1 aliphatic heterocycles. The largest absolute Gasteiger partial charge is 0.361 e. The number of nitrogens with zero attached hydrogens (tertiary/aromatic N) is 4. The predicted molar refractivity (Wildman–Crippen MR) is 102 cm³/mol. The molecule has 3 aromatic rings. The van der Waals surface area contributed by atoms with Gasteiger partial charge in [0.2, 0.25) is 0 Å². The van der Waals surface area contributed by atoms with E-state index >= 15 is 0 Å². The van der Waals surface area contributed by atoms with Gasteiger partial charge in [0.15, 0.2) is 10.8 Å². The summed E-state index contributed by atoms with van der Waals surface area (Å²) >= 11 is 1.44. The molecule has 0 spiro atoms. The fraction of sp³-hybridized carbons (Fsp3) is 0.278. The first kappa shape index (κ1) is 18.3. The highest BCUT2D eigenvalue weighted by Gasteiger charge is 2.22. The minimum absolute atomic E-state index is 0.0982. The molecule has 0 radical (unpaired) electrons. The number of hydrogen-bond acceptors (Lipinski definition) is 8. The summed E-state index contributed by atoms with van der Waals surface area (Å²) in [6.45, 7) is 3.84. The van der Waals surface area contributed by atoms with Gasteiger partial charge in [-0.25, -0.2) is 4.98 Å². The number of fused-ring (bicyclic) bond motifs is 1. The van der Waals surface area contributed by atoms with E-state index in [2.05, 4.69) is 20.4 Å². The van der Waals surface area contributed by atoms with Crippen molar-refractivity contribution in [1.29, 1.82) is 0 Å². The second kappa shape index (κ2) is 7.49. The number of aryl methyl sites for hydroxylation is 1. The number of nitrogens with one attached hydrogen (secondary N) is 1. The monoisotopic (exact) mass is 399 g/mol. The molecule has 0 atom stereocenters. The van der Waals surface area contributed by atoms with E-state index in [4.69, 9.17) is 4.52 Å². The molecule has 0 saturated heterocycles. The summed E-state index contributed by atoms with van der Waals surface area (Å²) in [5, 5.41) is 18.0. The third-order valence-corrected chi connectivity index (χ3v) is 5.42. The number of nitro groups is 1. The summed E-state index contributed by atoms with van der Waals surface area (Å²) in [4.78, 5) is 30.6. The average molecular weight is 399 g/mol. The highest BCUT2D eigenvalue weighted by atomic mass is 32.1. The van der Waals surface area contributed by atoms with E-state index in [1.54, 1.807) is 25.1 Å². The highest BCUT2D eigenvalue weighted by molar-refractivity contribution is 7.15. The van der Waals surface area contributed by atoms with Crippen LogP contribution in [-0.2, 0) is 19.5 Å². The molecule has 144 valence electrons. The third kappa shape index (κ3) is 3.92. The predicted octanol–water partition coefficient (Wildman–Crippen LogP) is 3.16. The number of aromatic nitrogens is 2. The van der Waals surface area contributed by atoms with Crippen LogP contribution >= 0.6 is 11.3 Å². The number of nitro benzene ring substituents is 1. The van der Waals surface area contributed by atoms with Crippen molar-refractivity contribution in [2.75, 3.05) is 11.9 Å². The molecule has 1 aromatic carbocycles. The molecule has 0 fully saturated rings. The zero-order chi connectivity index (χ0) is 19.7. The topological polar surface area (TPSA) is 114 Å². The van der Waals surface area contributed by atoms with Gasteiger partial charge < -0.3 is 4.52 Å². The molecule has 2 aromatic heterocycles. The lowest BCUT2D eigenvalue weighted by molar-refractivity contribution is -0.384. The zero-order valence-electron chi connectivity index (χ0n) is 15.0. The molecular weight excluding hydrogens is 382 g/mol. The SMILES string of the molecule is Cc1cc(C(=O)Nc2nc3c(s2)CN(Cc2cccc([N+](=O)[O-])c2)CC3)no1. The summed E-state index contributed by atoms with van der Waals surface area (Å²) in [6.07, 6.45) is 0.764. The lowest BCUT2D eigenvalue weighted by atomic mass is 10.1. The molecule has 28 heavy (non-hydrogen) atoms. The molecule has 0 bridgehead atoms. The number of carbonyl (C=O) groups is 1. The molecule has 4 rings (SSSR count). The van der Waals surface area contributed by atoms with Crippen LogP contribution in [0.15, 0.2) is 34.9 Å². The van der Waals surface area contributed by atoms with Gasteiger partial charge in [-0.2, -0.15) is 0 Å². The van der Waals surface area contributed by atoms with E-state index in [1.165, 1.54) is 17.4 Å². The van der Waals surface area contributed by atoms with Crippen LogP contribution in [-0.4, -0.2) is 32.4 Å². The first-order valence-corrected chi connectivity index (χ1v) is 9.48. The van der Waals surface area contributed by atoms with E-state index in [0.717, 1.165) is 29.1 Å². The van der Waals surface area contributed by atoms with Crippen molar-refractivity contribution in [1.82, 2.24) is 15.0 Å². The molecular formula is C18H17N5O4S. The maximum atomic E-state index is 12.2. The second-order valence-corrected chi connectivity index (χ2v) is 7.64. The minimum Gasteiger partial charge on any atom is -0.361 e. The number of rotatable bonds is 5. The number of thiazole rings is 1. The standard InChI is InChI=1S/C18H17N5O4S/c1-11-7-15(21-27-11)17(24)20-18-19-14-5-6-22(10-16(14)28-18)9-12-3-2-4-13(8-12)23(25)26/h2-4,7-8H,5-6,9-10H2,1H3,(H,19,20,24). The summed E-state index contributed by atoms with van der Waals surface area (Å²) in [5.74, 6) is 0.219. The Morgan fingerprint density at radius 2 is 2.29 bits per heavy atom. The summed E-state index contributed by atoms with van der Waals surface area (Å²) < 4.78 is 4.92. The van der Waals surface area contributed by atoms with Crippen LogP contribution in [0.4, 0.5) is 10.8 Å². The normalized spacial score (nSPS) is 13.9. The van der Waals surface area contributed by atoms with Crippen molar-refractivity contribution in [3.63, 3.8) is 0 Å². The van der Waals surface area contributed by atoms with Gasteiger partial charge in [-0.15, -0.1) is 11.3 Å². The Morgan fingerprint density at radius 3 is 3.04 bits per heavy atom. The van der Waals surface area contributed by atoms with Crippen molar-refractivity contribution in [3.05, 3.63) is 68.0 Å². The van der Waals surface area contributed by atoms with Crippen LogP contribution in [0.1, 0.15) is 32.4 Å². The molecule has 1 aliphatic rings. The molecule has 10 heteroatoms. The summed E-state index contributed by atoms with van der Waals surface area (Å²) in [5.41, 5.74) is 2.20. The molecule has 0 saturated carbocycles. The minimum atomic E-state index is -0.383. The lowest BCUT2D eigenvalue weighted by Gasteiger charge is -2.25. The van der Waals surface area contributed by atoms with Crippen molar-refractivity contribution in [2.24, 2.45) is 0 Å². The van der Waals surface area contributed by atoms with Gasteiger partial charge in [-0.3, -0.25) is 25.1 Å². The van der Waals surface area contributed by atoms with Gasteiger partial charge in [0.1, 0.15) is 5.76 Å². The van der Waals surface area contributed by atoms with Crippen molar-refractivity contribution in [3.8, 4) is 0 Å². The van der Waals surface area contributed by atoms with Crippen LogP contribution in [0.5, 0.6) is 0 Å². The van der Waals surface area contributed by atoms with E-state index in [1.807, 2.05) is 6.07 Å². The van der Waals surface area contributed by atoms with Crippen LogP contribution in [0.2, 0.25) is 0 Å². The van der Waals surface area contributed by atoms with E-state index < -0.39 is 0 Å². The van der Waals surface area contributed by atoms with Gasteiger partial charge in [0, 0.05) is 49.1 Å². The van der Waals surface area contributed by atoms with Gasteiger partial charge >= 0.3 is 0 Å². The smallest absolute Gasteiger partial charge is 0.279 e. The Balaban J connectivity index is 1.42. The zero-order valence-corrected chi connectivity index (χ0v) is 15.9. The fourth-order valence-electron chi connectivity index (χ4n) is 3.10. The van der Waals surface area contributed by atoms with Gasteiger partial charge in [-0.1, -0.05) is 17.3 Å². The number of carbonyl (C=O) groups excluding carboxylic acids is 1. The number of anilines is 1. The maximum absolute atomic E-state index is 12.2. The van der Waals surface area contributed by atoms with E-state index in [9.17, 15) is 14.9 Å². The van der Waals surface area contributed by atoms with Gasteiger partial charge in [0.25, 0.3) is 11.6 Å². The van der Waals surface area contributed by atoms with Crippen molar-refractivity contribution in [2.45, 2.75) is 26.4 Å². The average Bonchev–Trinajstić information content (AvgIpc) is 3.27. The number of amides is 1. The third-order valence-electron chi connectivity index (χ3n) is 4.42. The first-order valence-electron chi connectivity index (χ1n) is 8.67. The fourth-order valence-corrected chi connectivity index (χ4v) is 4.14. The lowest BCUT2D eigenvalue weighted by Crippen LogP contribution is -2.29. The first-order chi connectivity index (χ1) is 13.5. The number of hydrogen-bond donors (Lipinski definition) is 1. The molecule has 9 nitrogen and oxygen atoms in total. The van der Waals surface area contributed by atoms with Crippen molar-refractivity contribution >= 4 is 28.1 Å². The van der Waals surface area contributed by atoms with Gasteiger partial charge in [-0.05, 0) is 12.5 Å². The highest BCUT2D eigenvalue weighted by Crippen LogP contribution is 2.29. The molecule has 1 N–H and O–H groups in total. The number of benzene rings is 1. The van der Waals surface area contributed by atoms with Gasteiger partial charge in [0.05, 0.1) is 10.6 Å². The van der Waals surface area contributed by atoms with Crippen LogP contribution in [0, 0.1) is 17.0 Å². The Bertz CT molecular complexity index is 1040. The molecule has 0 unspecified atom stereocenters. The Morgan fingerprint density at radius 1 is 1.43 bits per heavy atom. The van der Waals surface area contributed by atoms with E-state index in [-0.39, 0.29) is 22.2 Å². The molecule has 1 amide bonds.